The molecule has 3 rings (SSSR count). The summed E-state index contributed by atoms with van der Waals surface area (Å²) in [5.41, 5.74) is 1.83. The van der Waals surface area contributed by atoms with E-state index in [9.17, 15) is 14.4 Å². The molecule has 1 saturated heterocycles. The Morgan fingerprint density at radius 3 is 2.48 bits per heavy atom. The van der Waals surface area contributed by atoms with Gasteiger partial charge in [0.25, 0.3) is 5.91 Å². The van der Waals surface area contributed by atoms with Crippen molar-refractivity contribution in [3.63, 3.8) is 0 Å². The molecule has 6 heteroatoms. The molecule has 2 aromatic carbocycles. The second-order valence-electron chi connectivity index (χ2n) is 6.48. The van der Waals surface area contributed by atoms with Crippen molar-refractivity contribution in [2.45, 2.75) is 19.4 Å². The molecule has 1 heterocycles. The van der Waals surface area contributed by atoms with Crippen LogP contribution in [0.3, 0.4) is 0 Å². The number of rotatable bonds is 6. The van der Waals surface area contributed by atoms with Gasteiger partial charge in [-0.1, -0.05) is 42.5 Å². The van der Waals surface area contributed by atoms with E-state index in [-0.39, 0.29) is 18.4 Å². The van der Waals surface area contributed by atoms with Crippen LogP contribution in [0, 0.1) is 0 Å². The van der Waals surface area contributed by atoms with Crippen LogP contribution in [-0.2, 0) is 20.9 Å². The van der Waals surface area contributed by atoms with Gasteiger partial charge in [0, 0.05) is 26.6 Å². The van der Waals surface area contributed by atoms with E-state index in [0.29, 0.717) is 30.8 Å². The summed E-state index contributed by atoms with van der Waals surface area (Å²) < 4.78 is 5.22. The number of ether oxygens (including phenoxy) is 1. The Morgan fingerprint density at radius 2 is 1.78 bits per heavy atom. The average molecular weight is 366 g/mol. The molecule has 6 nitrogen and oxygen atoms in total. The molecule has 0 atom stereocenters. The van der Waals surface area contributed by atoms with E-state index < -0.39 is 5.97 Å². The molecule has 1 aliphatic rings. The van der Waals surface area contributed by atoms with E-state index in [0.717, 1.165) is 12.0 Å². The number of likely N-dealkylation sites (N-methyl/N-ethyl adjacent to an activating group) is 1. The molecule has 2 aromatic rings. The number of nitrogens with zero attached hydrogens (tertiary/aromatic N) is 2. The fourth-order valence-electron chi connectivity index (χ4n) is 3.05. The van der Waals surface area contributed by atoms with Crippen molar-refractivity contribution in [1.82, 2.24) is 4.90 Å². The normalized spacial score (nSPS) is 13.5. The summed E-state index contributed by atoms with van der Waals surface area (Å²) in [5.74, 6) is -0.900. The highest BCUT2D eigenvalue weighted by Crippen LogP contribution is 2.26. The maximum absolute atomic E-state index is 12.5. The number of esters is 1. The van der Waals surface area contributed by atoms with Crippen LogP contribution in [0.2, 0.25) is 0 Å². The molecule has 0 unspecified atom stereocenters. The van der Waals surface area contributed by atoms with Gasteiger partial charge in [-0.3, -0.25) is 9.59 Å². The third-order valence-corrected chi connectivity index (χ3v) is 4.50. The number of carbonyl (C=O) groups excluding carboxylic acids is 3. The number of benzene rings is 2. The molecule has 0 saturated carbocycles. The van der Waals surface area contributed by atoms with Gasteiger partial charge in [0.2, 0.25) is 5.91 Å². The van der Waals surface area contributed by atoms with E-state index in [1.54, 1.807) is 36.2 Å². The first kappa shape index (κ1) is 18.6. The quantitative estimate of drug-likeness (QED) is 0.737. The molecule has 0 aromatic heterocycles. The number of amides is 2. The van der Waals surface area contributed by atoms with Gasteiger partial charge in [0.15, 0.2) is 6.61 Å². The summed E-state index contributed by atoms with van der Waals surface area (Å²) in [6.07, 6.45) is 1.25. The van der Waals surface area contributed by atoms with Crippen molar-refractivity contribution in [2.24, 2.45) is 0 Å². The fourth-order valence-corrected chi connectivity index (χ4v) is 3.05. The van der Waals surface area contributed by atoms with Crippen molar-refractivity contribution in [1.29, 1.82) is 0 Å². The lowest BCUT2D eigenvalue weighted by Gasteiger charge is -2.20. The molecule has 140 valence electrons. The van der Waals surface area contributed by atoms with Crippen LogP contribution in [0.25, 0.3) is 0 Å². The summed E-state index contributed by atoms with van der Waals surface area (Å²) in [4.78, 5) is 39.8. The predicted octanol–water partition coefficient (Wildman–Crippen LogP) is 2.63. The first-order valence-corrected chi connectivity index (χ1v) is 8.90. The number of anilines is 1. The van der Waals surface area contributed by atoms with Gasteiger partial charge < -0.3 is 14.5 Å². The van der Waals surface area contributed by atoms with Gasteiger partial charge in [-0.2, -0.15) is 0 Å². The zero-order valence-electron chi connectivity index (χ0n) is 15.3. The van der Waals surface area contributed by atoms with Crippen LogP contribution in [-0.4, -0.2) is 42.9 Å². The summed E-state index contributed by atoms with van der Waals surface area (Å²) in [6, 6.07) is 16.4. The largest absolute Gasteiger partial charge is 0.452 e. The predicted molar refractivity (Wildman–Crippen MR) is 101 cm³/mol. The SMILES string of the molecule is CN(Cc1ccccc1)C(=O)COC(=O)c1ccccc1N1CCCC1=O. The molecule has 2 amide bonds. The van der Waals surface area contributed by atoms with E-state index in [1.807, 2.05) is 30.3 Å². The van der Waals surface area contributed by atoms with Crippen molar-refractivity contribution in [3.8, 4) is 0 Å². The maximum atomic E-state index is 12.5. The molecular formula is C21H22N2O4. The van der Waals surface area contributed by atoms with E-state index in [1.165, 1.54) is 4.90 Å². The van der Waals surface area contributed by atoms with E-state index in [2.05, 4.69) is 0 Å². The number of hydrogen-bond acceptors (Lipinski definition) is 4. The van der Waals surface area contributed by atoms with Crippen LogP contribution in [0.5, 0.6) is 0 Å². The Balaban J connectivity index is 1.61. The van der Waals surface area contributed by atoms with Crippen LogP contribution >= 0.6 is 0 Å². The molecule has 27 heavy (non-hydrogen) atoms. The number of carbonyl (C=O) groups is 3. The van der Waals surface area contributed by atoms with Gasteiger partial charge >= 0.3 is 5.97 Å². The van der Waals surface area contributed by atoms with Crippen LogP contribution in [0.1, 0.15) is 28.8 Å². The average Bonchev–Trinajstić information content (AvgIpc) is 3.12. The van der Waals surface area contributed by atoms with Crippen molar-refractivity contribution in [3.05, 3.63) is 65.7 Å². The molecular weight excluding hydrogens is 344 g/mol. The Hall–Kier alpha value is -3.15. The van der Waals surface area contributed by atoms with Gasteiger partial charge in [-0.25, -0.2) is 4.79 Å². The Morgan fingerprint density at radius 1 is 1.07 bits per heavy atom. The molecule has 0 radical (unpaired) electrons. The zero-order valence-corrected chi connectivity index (χ0v) is 15.3. The van der Waals surface area contributed by atoms with E-state index >= 15 is 0 Å². The standard InChI is InChI=1S/C21H22N2O4/c1-22(14-16-8-3-2-4-9-16)20(25)15-27-21(26)17-10-5-6-11-18(17)23-13-7-12-19(23)24/h2-6,8-11H,7,12-15H2,1H3. The van der Waals surface area contributed by atoms with Gasteiger partial charge in [-0.05, 0) is 24.1 Å². The van der Waals surface area contributed by atoms with Gasteiger partial charge in [-0.15, -0.1) is 0 Å². The van der Waals surface area contributed by atoms with Crippen LogP contribution in [0.4, 0.5) is 5.69 Å². The van der Waals surface area contributed by atoms with Crippen molar-refractivity contribution >= 4 is 23.5 Å². The molecule has 1 aliphatic heterocycles. The highest BCUT2D eigenvalue weighted by molar-refractivity contribution is 6.03. The highest BCUT2D eigenvalue weighted by atomic mass is 16.5. The first-order chi connectivity index (χ1) is 13.1. The maximum Gasteiger partial charge on any atom is 0.340 e. The second-order valence-corrected chi connectivity index (χ2v) is 6.48. The van der Waals surface area contributed by atoms with Crippen LogP contribution < -0.4 is 4.90 Å². The third-order valence-electron chi connectivity index (χ3n) is 4.50. The Kier molecular flexibility index (Phi) is 5.86. The van der Waals surface area contributed by atoms with Crippen molar-refractivity contribution in [2.75, 3.05) is 25.1 Å². The third kappa shape index (κ3) is 4.53. The summed E-state index contributed by atoms with van der Waals surface area (Å²) in [7, 11) is 1.67. The first-order valence-electron chi connectivity index (χ1n) is 8.90. The molecule has 0 bridgehead atoms. The molecule has 0 spiro atoms. The molecule has 0 N–H and O–H groups in total. The minimum Gasteiger partial charge on any atom is -0.452 e. The summed E-state index contributed by atoms with van der Waals surface area (Å²) in [5, 5.41) is 0. The van der Waals surface area contributed by atoms with E-state index in [4.69, 9.17) is 4.74 Å². The molecule has 1 fully saturated rings. The minimum atomic E-state index is -0.605. The number of hydrogen-bond donors (Lipinski definition) is 0. The van der Waals surface area contributed by atoms with Gasteiger partial charge in [0.05, 0.1) is 11.3 Å². The Labute approximate surface area is 158 Å². The van der Waals surface area contributed by atoms with Gasteiger partial charge in [0.1, 0.15) is 0 Å². The Bertz CT molecular complexity index is 835. The second kappa shape index (κ2) is 8.49. The summed E-state index contributed by atoms with van der Waals surface area (Å²) >= 11 is 0. The van der Waals surface area contributed by atoms with Crippen molar-refractivity contribution < 1.29 is 19.1 Å². The summed E-state index contributed by atoms with van der Waals surface area (Å²) in [6.45, 7) is 0.683. The lowest BCUT2D eigenvalue weighted by Crippen LogP contribution is -2.31. The minimum absolute atomic E-state index is 0.00563. The smallest absolute Gasteiger partial charge is 0.340 e. The topological polar surface area (TPSA) is 66.9 Å². The fraction of sp³-hybridized carbons (Fsp3) is 0.286. The highest BCUT2D eigenvalue weighted by Gasteiger charge is 2.26. The lowest BCUT2D eigenvalue weighted by atomic mass is 10.1. The lowest BCUT2D eigenvalue weighted by molar-refractivity contribution is -0.133. The zero-order chi connectivity index (χ0) is 19.2. The number of para-hydroxylation sites is 1. The molecule has 0 aliphatic carbocycles. The monoisotopic (exact) mass is 366 g/mol. The van der Waals surface area contributed by atoms with Crippen LogP contribution in [0.15, 0.2) is 54.6 Å².